The molecule has 0 atom stereocenters. The van der Waals surface area contributed by atoms with Crippen molar-refractivity contribution in [1.82, 2.24) is 0 Å². The maximum Gasteiger partial charge on any atom is 0.330 e. The van der Waals surface area contributed by atoms with Crippen LogP contribution in [0.25, 0.3) is 0 Å². The van der Waals surface area contributed by atoms with Crippen LogP contribution >= 0.6 is 0 Å². The molecule has 74 valence electrons. The summed E-state index contributed by atoms with van der Waals surface area (Å²) in [5.74, 6) is -0.869. The van der Waals surface area contributed by atoms with Crippen LogP contribution < -0.4 is 0 Å². The third-order valence-corrected chi connectivity index (χ3v) is 1.52. The molecular weight excluding hydrogens is 168 g/mol. The lowest BCUT2D eigenvalue weighted by atomic mass is 10.2. The average Bonchev–Trinajstić information content (AvgIpc) is 2.10. The van der Waals surface area contributed by atoms with Crippen molar-refractivity contribution in [3.63, 3.8) is 0 Å². The average molecular weight is 184 g/mol. The SMILES string of the molecule is C=CCCOCCC=C(C)C(=O)O. The zero-order valence-corrected chi connectivity index (χ0v) is 7.95. The molecule has 13 heavy (non-hydrogen) atoms. The number of hydrogen-bond donors (Lipinski definition) is 1. The Morgan fingerprint density at radius 3 is 2.62 bits per heavy atom. The fourth-order valence-electron chi connectivity index (χ4n) is 0.715. The highest BCUT2D eigenvalue weighted by atomic mass is 16.5. The Bertz CT molecular complexity index is 194. The quantitative estimate of drug-likeness (QED) is 0.374. The fourth-order valence-corrected chi connectivity index (χ4v) is 0.715. The van der Waals surface area contributed by atoms with Gasteiger partial charge in [0.15, 0.2) is 0 Å². The smallest absolute Gasteiger partial charge is 0.330 e. The molecular formula is C10H16O3. The molecule has 0 aliphatic heterocycles. The van der Waals surface area contributed by atoms with Gasteiger partial charge in [0.2, 0.25) is 0 Å². The molecule has 0 aromatic heterocycles. The first kappa shape index (κ1) is 11.9. The molecule has 1 N–H and O–H groups in total. The van der Waals surface area contributed by atoms with Gasteiger partial charge in [-0.15, -0.1) is 6.58 Å². The minimum atomic E-state index is -0.869. The predicted molar refractivity (Wildman–Crippen MR) is 51.6 cm³/mol. The first-order valence-electron chi connectivity index (χ1n) is 4.27. The Morgan fingerprint density at radius 2 is 2.08 bits per heavy atom. The molecule has 0 aliphatic carbocycles. The lowest BCUT2D eigenvalue weighted by Crippen LogP contribution is -1.98. The molecule has 0 saturated heterocycles. The molecule has 0 radical (unpaired) electrons. The van der Waals surface area contributed by atoms with E-state index in [1.807, 2.05) is 0 Å². The van der Waals surface area contributed by atoms with Gasteiger partial charge in [0, 0.05) is 5.57 Å². The standard InChI is InChI=1S/C10H16O3/c1-3-4-7-13-8-5-6-9(2)10(11)12/h3,6H,1,4-5,7-8H2,2H3,(H,11,12). The summed E-state index contributed by atoms with van der Waals surface area (Å²) < 4.78 is 5.20. The summed E-state index contributed by atoms with van der Waals surface area (Å²) in [6, 6.07) is 0. The molecule has 0 fully saturated rings. The Hall–Kier alpha value is -1.09. The first-order chi connectivity index (χ1) is 6.18. The molecule has 0 aliphatic rings. The molecule has 0 unspecified atom stereocenters. The van der Waals surface area contributed by atoms with Gasteiger partial charge in [0.05, 0.1) is 13.2 Å². The van der Waals surface area contributed by atoms with E-state index < -0.39 is 5.97 Å². The second-order valence-corrected chi connectivity index (χ2v) is 2.67. The number of hydrogen-bond acceptors (Lipinski definition) is 2. The van der Waals surface area contributed by atoms with E-state index in [1.54, 1.807) is 19.1 Å². The van der Waals surface area contributed by atoms with Crippen molar-refractivity contribution < 1.29 is 14.6 Å². The van der Waals surface area contributed by atoms with Gasteiger partial charge in [-0.25, -0.2) is 4.79 Å². The molecule has 0 aromatic rings. The van der Waals surface area contributed by atoms with Crippen molar-refractivity contribution in [2.75, 3.05) is 13.2 Å². The van der Waals surface area contributed by atoms with E-state index in [2.05, 4.69) is 6.58 Å². The summed E-state index contributed by atoms with van der Waals surface area (Å²) in [6.07, 6.45) is 4.94. The highest BCUT2D eigenvalue weighted by molar-refractivity contribution is 5.85. The summed E-state index contributed by atoms with van der Waals surface area (Å²) in [5.41, 5.74) is 0.368. The van der Waals surface area contributed by atoms with Gasteiger partial charge in [-0.2, -0.15) is 0 Å². The van der Waals surface area contributed by atoms with Crippen LogP contribution in [0.2, 0.25) is 0 Å². The van der Waals surface area contributed by atoms with E-state index in [4.69, 9.17) is 9.84 Å². The summed E-state index contributed by atoms with van der Waals surface area (Å²) in [7, 11) is 0. The maximum absolute atomic E-state index is 10.3. The highest BCUT2D eigenvalue weighted by Gasteiger charge is 1.97. The van der Waals surface area contributed by atoms with Crippen molar-refractivity contribution >= 4 is 5.97 Å². The van der Waals surface area contributed by atoms with Gasteiger partial charge in [-0.3, -0.25) is 0 Å². The number of aliphatic carboxylic acids is 1. The van der Waals surface area contributed by atoms with Crippen LogP contribution in [0, 0.1) is 0 Å². The zero-order valence-electron chi connectivity index (χ0n) is 7.95. The molecule has 0 saturated carbocycles. The molecule has 3 heteroatoms. The molecule has 0 aromatic carbocycles. The van der Waals surface area contributed by atoms with Crippen molar-refractivity contribution in [3.05, 3.63) is 24.3 Å². The molecule has 3 nitrogen and oxygen atoms in total. The van der Waals surface area contributed by atoms with Gasteiger partial charge < -0.3 is 9.84 Å². The first-order valence-corrected chi connectivity index (χ1v) is 4.27. The second-order valence-electron chi connectivity index (χ2n) is 2.67. The van der Waals surface area contributed by atoms with Crippen molar-refractivity contribution in [3.8, 4) is 0 Å². The van der Waals surface area contributed by atoms with Crippen LogP contribution in [0.4, 0.5) is 0 Å². The summed E-state index contributed by atoms with van der Waals surface area (Å²) in [5, 5.41) is 8.50. The van der Waals surface area contributed by atoms with Gasteiger partial charge in [0.25, 0.3) is 0 Å². The van der Waals surface area contributed by atoms with E-state index in [0.29, 0.717) is 25.2 Å². The third-order valence-electron chi connectivity index (χ3n) is 1.52. The van der Waals surface area contributed by atoms with Crippen molar-refractivity contribution in [1.29, 1.82) is 0 Å². The lowest BCUT2D eigenvalue weighted by Gasteiger charge is -1.99. The van der Waals surface area contributed by atoms with E-state index in [0.717, 1.165) is 6.42 Å². The van der Waals surface area contributed by atoms with Crippen LogP contribution in [0.5, 0.6) is 0 Å². The molecule has 0 bridgehead atoms. The number of ether oxygens (including phenoxy) is 1. The van der Waals surface area contributed by atoms with Gasteiger partial charge in [-0.1, -0.05) is 12.2 Å². The molecule has 0 spiro atoms. The second kappa shape index (κ2) is 7.55. The monoisotopic (exact) mass is 184 g/mol. The number of carbonyl (C=O) groups is 1. The summed E-state index contributed by atoms with van der Waals surface area (Å²) in [4.78, 5) is 10.3. The largest absolute Gasteiger partial charge is 0.478 e. The van der Waals surface area contributed by atoms with Gasteiger partial charge in [0.1, 0.15) is 0 Å². The van der Waals surface area contributed by atoms with Crippen LogP contribution in [0.15, 0.2) is 24.3 Å². The van der Waals surface area contributed by atoms with Crippen LogP contribution in [-0.4, -0.2) is 24.3 Å². The topological polar surface area (TPSA) is 46.5 Å². The number of carboxylic acid groups (broad SMARTS) is 1. The number of rotatable bonds is 7. The van der Waals surface area contributed by atoms with Crippen LogP contribution in [0.3, 0.4) is 0 Å². The normalized spacial score (nSPS) is 11.3. The highest BCUT2D eigenvalue weighted by Crippen LogP contribution is 1.96. The predicted octanol–water partition coefficient (Wildman–Crippen LogP) is 2.00. The van der Waals surface area contributed by atoms with Crippen molar-refractivity contribution in [2.45, 2.75) is 19.8 Å². The summed E-state index contributed by atoms with van der Waals surface area (Å²) in [6.45, 7) is 6.36. The Morgan fingerprint density at radius 1 is 1.46 bits per heavy atom. The van der Waals surface area contributed by atoms with E-state index in [9.17, 15) is 4.79 Å². The van der Waals surface area contributed by atoms with E-state index in [1.165, 1.54) is 0 Å². The number of carboxylic acids is 1. The minimum absolute atomic E-state index is 0.368. The molecule has 0 rings (SSSR count). The Balaban J connectivity index is 3.39. The molecule has 0 heterocycles. The minimum Gasteiger partial charge on any atom is -0.478 e. The zero-order chi connectivity index (χ0) is 10.1. The van der Waals surface area contributed by atoms with E-state index in [-0.39, 0.29) is 0 Å². The van der Waals surface area contributed by atoms with Crippen LogP contribution in [0.1, 0.15) is 19.8 Å². The Labute approximate surface area is 78.7 Å². The lowest BCUT2D eigenvalue weighted by molar-refractivity contribution is -0.132. The summed E-state index contributed by atoms with van der Waals surface area (Å²) >= 11 is 0. The van der Waals surface area contributed by atoms with Gasteiger partial charge in [-0.05, 0) is 19.8 Å². The van der Waals surface area contributed by atoms with Gasteiger partial charge >= 0.3 is 5.97 Å². The van der Waals surface area contributed by atoms with E-state index >= 15 is 0 Å². The fraction of sp³-hybridized carbons (Fsp3) is 0.500. The Kier molecular flexibility index (Phi) is 6.92. The van der Waals surface area contributed by atoms with Crippen molar-refractivity contribution in [2.24, 2.45) is 0 Å². The molecule has 0 amide bonds. The third kappa shape index (κ3) is 7.28. The maximum atomic E-state index is 10.3. The van der Waals surface area contributed by atoms with Crippen LogP contribution in [-0.2, 0) is 9.53 Å².